The lowest BCUT2D eigenvalue weighted by Crippen LogP contribution is -2.11. The number of benzene rings is 2. The van der Waals surface area contributed by atoms with Crippen molar-refractivity contribution in [2.45, 2.75) is 25.6 Å². The average molecular weight is 280 g/mol. The van der Waals surface area contributed by atoms with Crippen molar-refractivity contribution in [1.82, 2.24) is 0 Å². The zero-order valence-corrected chi connectivity index (χ0v) is 10.8. The van der Waals surface area contributed by atoms with Crippen molar-refractivity contribution in [3.05, 3.63) is 70.8 Å². The normalized spacial score (nSPS) is 11.6. The molecule has 2 aromatic rings. The Hall–Kier alpha value is -1.81. The van der Waals surface area contributed by atoms with Gasteiger partial charge in [-0.3, -0.25) is 0 Å². The van der Waals surface area contributed by atoms with Gasteiger partial charge in [0.1, 0.15) is 0 Å². The molecule has 0 amide bonds. The van der Waals surface area contributed by atoms with Gasteiger partial charge in [-0.2, -0.15) is 13.2 Å². The molecule has 0 radical (unpaired) electrons. The van der Waals surface area contributed by atoms with Gasteiger partial charge in [0.05, 0.1) is 13.0 Å². The second kappa shape index (κ2) is 6.09. The van der Waals surface area contributed by atoms with E-state index in [1.807, 2.05) is 24.3 Å². The van der Waals surface area contributed by atoms with Gasteiger partial charge in [-0.05, 0) is 28.7 Å². The van der Waals surface area contributed by atoms with E-state index in [0.29, 0.717) is 6.42 Å². The molecule has 0 aliphatic rings. The fourth-order valence-electron chi connectivity index (χ4n) is 2.00. The monoisotopic (exact) mass is 280 g/mol. The molecule has 0 fully saturated rings. The predicted octanol–water partition coefficient (Wildman–Crippen LogP) is 3.87. The van der Waals surface area contributed by atoms with Gasteiger partial charge in [0.25, 0.3) is 0 Å². The minimum absolute atomic E-state index is 0.00637. The lowest BCUT2D eigenvalue weighted by molar-refractivity contribution is -0.127. The van der Waals surface area contributed by atoms with E-state index in [9.17, 15) is 13.2 Å². The summed E-state index contributed by atoms with van der Waals surface area (Å²) in [6.07, 6.45) is -4.39. The summed E-state index contributed by atoms with van der Waals surface area (Å²) in [7, 11) is 0. The van der Waals surface area contributed by atoms with E-state index < -0.39 is 12.6 Å². The van der Waals surface area contributed by atoms with Gasteiger partial charge < -0.3 is 5.11 Å². The molecule has 0 atom stereocenters. The van der Waals surface area contributed by atoms with Crippen LogP contribution in [0.5, 0.6) is 0 Å². The largest absolute Gasteiger partial charge is 0.393 e. The van der Waals surface area contributed by atoms with Crippen molar-refractivity contribution in [3.8, 4) is 0 Å². The van der Waals surface area contributed by atoms with Crippen LogP contribution in [0.2, 0.25) is 0 Å². The van der Waals surface area contributed by atoms with Gasteiger partial charge in [0, 0.05) is 0 Å². The molecule has 20 heavy (non-hydrogen) atoms. The summed E-state index contributed by atoms with van der Waals surface area (Å²) in [6, 6.07) is 14.0. The first-order chi connectivity index (χ1) is 9.46. The second-order valence-electron chi connectivity index (χ2n) is 4.76. The van der Waals surface area contributed by atoms with Crippen LogP contribution >= 0.6 is 0 Å². The fourth-order valence-corrected chi connectivity index (χ4v) is 2.00. The Kier molecular flexibility index (Phi) is 4.45. The highest BCUT2D eigenvalue weighted by Gasteiger charge is 2.27. The van der Waals surface area contributed by atoms with Crippen LogP contribution in [0.25, 0.3) is 0 Å². The predicted molar refractivity (Wildman–Crippen MR) is 71.4 cm³/mol. The van der Waals surface area contributed by atoms with Crippen molar-refractivity contribution in [2.24, 2.45) is 0 Å². The van der Waals surface area contributed by atoms with Gasteiger partial charge in [-0.25, -0.2) is 0 Å². The SMILES string of the molecule is OCc1ccc(Cc2ccc(CC(F)(F)F)cc2)cc1. The summed E-state index contributed by atoms with van der Waals surface area (Å²) in [5, 5.41) is 8.95. The van der Waals surface area contributed by atoms with Crippen LogP contribution in [0.4, 0.5) is 13.2 Å². The molecule has 0 bridgehead atoms. The molecular weight excluding hydrogens is 265 g/mol. The summed E-state index contributed by atoms with van der Waals surface area (Å²) < 4.78 is 36.7. The zero-order chi connectivity index (χ0) is 14.6. The maximum Gasteiger partial charge on any atom is 0.393 e. The molecular formula is C16H15F3O. The summed E-state index contributed by atoms with van der Waals surface area (Å²) in [5.41, 5.74) is 3.14. The van der Waals surface area contributed by atoms with Crippen molar-refractivity contribution >= 4 is 0 Å². The highest BCUT2D eigenvalue weighted by atomic mass is 19.4. The lowest BCUT2D eigenvalue weighted by atomic mass is 10.0. The van der Waals surface area contributed by atoms with Crippen molar-refractivity contribution in [1.29, 1.82) is 0 Å². The number of halogens is 3. The van der Waals surface area contributed by atoms with E-state index in [0.717, 1.165) is 16.7 Å². The maximum atomic E-state index is 12.2. The molecule has 0 saturated carbocycles. The van der Waals surface area contributed by atoms with Crippen LogP contribution in [-0.2, 0) is 19.4 Å². The number of alkyl halides is 3. The Morgan fingerprint density at radius 2 is 1.10 bits per heavy atom. The van der Waals surface area contributed by atoms with E-state index in [1.165, 1.54) is 12.1 Å². The minimum Gasteiger partial charge on any atom is -0.392 e. The van der Waals surface area contributed by atoms with Crippen LogP contribution in [0.3, 0.4) is 0 Å². The second-order valence-corrected chi connectivity index (χ2v) is 4.76. The minimum atomic E-state index is -4.17. The lowest BCUT2D eigenvalue weighted by Gasteiger charge is -2.08. The van der Waals surface area contributed by atoms with Gasteiger partial charge in [0.15, 0.2) is 0 Å². The Bertz CT molecular complexity index is 541. The summed E-state index contributed by atoms with van der Waals surface area (Å²) in [6.45, 7) is 0.00637. The molecule has 0 saturated heterocycles. The van der Waals surface area contributed by atoms with E-state index >= 15 is 0 Å². The molecule has 0 unspecified atom stereocenters. The molecule has 0 aromatic heterocycles. The van der Waals surface area contributed by atoms with Gasteiger partial charge in [-0.1, -0.05) is 48.5 Å². The molecule has 0 heterocycles. The Labute approximate surface area is 115 Å². The number of hydrogen-bond acceptors (Lipinski definition) is 1. The van der Waals surface area contributed by atoms with E-state index in [-0.39, 0.29) is 12.2 Å². The number of rotatable bonds is 4. The molecule has 1 N–H and O–H groups in total. The van der Waals surface area contributed by atoms with E-state index in [1.54, 1.807) is 12.1 Å². The molecule has 0 aliphatic carbocycles. The third kappa shape index (κ3) is 4.38. The van der Waals surface area contributed by atoms with Crippen molar-refractivity contribution < 1.29 is 18.3 Å². The first-order valence-electron chi connectivity index (χ1n) is 6.29. The first-order valence-corrected chi connectivity index (χ1v) is 6.29. The maximum absolute atomic E-state index is 12.2. The molecule has 2 rings (SSSR count). The van der Waals surface area contributed by atoms with E-state index in [4.69, 9.17) is 5.11 Å². The smallest absolute Gasteiger partial charge is 0.392 e. The number of aliphatic hydroxyl groups excluding tert-OH is 1. The van der Waals surface area contributed by atoms with E-state index in [2.05, 4.69) is 0 Å². The molecule has 4 heteroatoms. The van der Waals surface area contributed by atoms with Crippen LogP contribution in [0.15, 0.2) is 48.5 Å². The number of aliphatic hydroxyl groups is 1. The summed E-state index contributed by atoms with van der Waals surface area (Å²) in [5.74, 6) is 0. The third-order valence-corrected chi connectivity index (χ3v) is 3.04. The topological polar surface area (TPSA) is 20.2 Å². The zero-order valence-electron chi connectivity index (χ0n) is 10.8. The van der Waals surface area contributed by atoms with Crippen LogP contribution in [-0.4, -0.2) is 11.3 Å². The quantitative estimate of drug-likeness (QED) is 0.901. The van der Waals surface area contributed by atoms with Crippen molar-refractivity contribution in [2.75, 3.05) is 0 Å². The average Bonchev–Trinajstić information content (AvgIpc) is 2.40. The van der Waals surface area contributed by atoms with Crippen LogP contribution in [0, 0.1) is 0 Å². The highest BCUT2D eigenvalue weighted by Crippen LogP contribution is 2.21. The van der Waals surface area contributed by atoms with Gasteiger partial charge >= 0.3 is 6.18 Å². The highest BCUT2D eigenvalue weighted by molar-refractivity contribution is 5.30. The first kappa shape index (κ1) is 14.6. The molecule has 0 spiro atoms. The van der Waals surface area contributed by atoms with Crippen LogP contribution < -0.4 is 0 Å². The standard InChI is InChI=1S/C16H15F3O/c17-16(18,19)10-14-5-1-12(2-6-14)9-13-3-7-15(11-20)8-4-13/h1-8,20H,9-11H2. The summed E-state index contributed by atoms with van der Waals surface area (Å²) in [4.78, 5) is 0. The van der Waals surface area contributed by atoms with Gasteiger partial charge in [-0.15, -0.1) is 0 Å². The fraction of sp³-hybridized carbons (Fsp3) is 0.250. The molecule has 1 nitrogen and oxygen atoms in total. The summed E-state index contributed by atoms with van der Waals surface area (Å²) >= 11 is 0. The molecule has 106 valence electrons. The van der Waals surface area contributed by atoms with Crippen molar-refractivity contribution in [3.63, 3.8) is 0 Å². The Morgan fingerprint density at radius 3 is 1.50 bits per heavy atom. The number of hydrogen-bond donors (Lipinski definition) is 1. The van der Waals surface area contributed by atoms with Crippen LogP contribution in [0.1, 0.15) is 22.3 Å². The van der Waals surface area contributed by atoms with Gasteiger partial charge in [0.2, 0.25) is 0 Å². The molecule has 0 aliphatic heterocycles. The Morgan fingerprint density at radius 1 is 0.700 bits per heavy atom. The molecule has 2 aromatic carbocycles. The third-order valence-electron chi connectivity index (χ3n) is 3.04. The Balaban J connectivity index is 2.02.